The van der Waals surface area contributed by atoms with Gasteiger partial charge in [0.1, 0.15) is 5.78 Å². The molecule has 1 saturated heterocycles. The molecular weight excluding hydrogens is 302 g/mol. The van der Waals surface area contributed by atoms with E-state index in [1.807, 2.05) is 6.92 Å². The molecule has 1 aromatic rings. The van der Waals surface area contributed by atoms with Crippen molar-refractivity contribution in [2.24, 2.45) is 5.92 Å². The highest BCUT2D eigenvalue weighted by molar-refractivity contribution is 7.89. The largest absolute Gasteiger partial charge is 0.299 e. The number of amides is 1. The molecule has 6 heteroatoms. The number of hydrogen-bond donors (Lipinski definition) is 0. The topological polar surface area (TPSA) is 71.5 Å². The minimum atomic E-state index is -3.83. The number of fused-ring (bicyclic) bond motifs is 1. The first-order chi connectivity index (χ1) is 10.4. The summed E-state index contributed by atoms with van der Waals surface area (Å²) >= 11 is 0. The number of carbonyl (C=O) groups excluding carboxylic acids is 2. The van der Waals surface area contributed by atoms with Crippen molar-refractivity contribution in [1.29, 1.82) is 0 Å². The Bertz CT molecular complexity index is 762. The summed E-state index contributed by atoms with van der Waals surface area (Å²) in [4.78, 5) is 24.1. The quantitative estimate of drug-likeness (QED) is 0.833. The summed E-state index contributed by atoms with van der Waals surface area (Å²) in [7, 11) is -3.83. The maximum absolute atomic E-state index is 12.7. The van der Waals surface area contributed by atoms with E-state index in [0.717, 1.165) is 9.87 Å². The number of nitrogens with zero attached hydrogens (tertiary/aromatic N) is 1. The average Bonchev–Trinajstić information content (AvgIpc) is 2.47. The summed E-state index contributed by atoms with van der Waals surface area (Å²) in [6.45, 7) is 2.00. The molecule has 116 valence electrons. The molecule has 22 heavy (non-hydrogen) atoms. The molecule has 1 atom stereocenters. The molecule has 0 N–H and O–H groups in total. The van der Waals surface area contributed by atoms with Crippen LogP contribution in [0.25, 0.3) is 0 Å². The number of benzene rings is 1. The standard InChI is InChI=1S/C16H17NO4S/c1-11-2-5-14(6-3-11)22(20,21)17-9-8-12-10-13(18)4-7-15(12)16(17)19/h2-3,5-7,12H,4,8-10H2,1H3. The van der Waals surface area contributed by atoms with Gasteiger partial charge >= 0.3 is 0 Å². The molecule has 1 aliphatic carbocycles. The number of allylic oxidation sites excluding steroid dienone is 1. The molecule has 0 radical (unpaired) electrons. The van der Waals surface area contributed by atoms with Crippen LogP contribution in [0, 0.1) is 12.8 Å². The fraction of sp³-hybridized carbons (Fsp3) is 0.375. The SMILES string of the molecule is Cc1ccc(S(=O)(=O)N2CCC3CC(=O)CC=C3C2=O)cc1. The number of Topliss-reactive ketones (excluding diaryl/α,β-unsaturated/α-hetero) is 1. The minimum absolute atomic E-state index is 0.108. The molecule has 0 bridgehead atoms. The molecule has 1 aromatic carbocycles. The Kier molecular flexibility index (Phi) is 3.64. The lowest BCUT2D eigenvalue weighted by Gasteiger charge is -2.34. The average molecular weight is 319 g/mol. The summed E-state index contributed by atoms with van der Waals surface area (Å²) in [5.41, 5.74) is 1.43. The summed E-state index contributed by atoms with van der Waals surface area (Å²) < 4.78 is 26.3. The lowest BCUT2D eigenvalue weighted by molar-refractivity contribution is -0.125. The van der Waals surface area contributed by atoms with Gasteiger partial charge in [-0.2, -0.15) is 0 Å². The zero-order valence-corrected chi connectivity index (χ0v) is 13.1. The van der Waals surface area contributed by atoms with Gasteiger partial charge < -0.3 is 0 Å². The van der Waals surface area contributed by atoms with Gasteiger partial charge in [0.25, 0.3) is 15.9 Å². The van der Waals surface area contributed by atoms with Crippen molar-refractivity contribution in [2.75, 3.05) is 6.54 Å². The molecular formula is C16H17NO4S. The number of piperidine rings is 1. The Morgan fingerprint density at radius 3 is 2.50 bits per heavy atom. The predicted molar refractivity (Wildman–Crippen MR) is 80.5 cm³/mol. The predicted octanol–water partition coefficient (Wildman–Crippen LogP) is 1.82. The van der Waals surface area contributed by atoms with Crippen molar-refractivity contribution in [1.82, 2.24) is 4.31 Å². The van der Waals surface area contributed by atoms with Crippen molar-refractivity contribution in [3.63, 3.8) is 0 Å². The number of rotatable bonds is 2. The monoisotopic (exact) mass is 319 g/mol. The van der Waals surface area contributed by atoms with Crippen molar-refractivity contribution in [3.05, 3.63) is 41.5 Å². The molecule has 1 heterocycles. The van der Waals surface area contributed by atoms with E-state index in [4.69, 9.17) is 0 Å². The van der Waals surface area contributed by atoms with Crippen molar-refractivity contribution in [2.45, 2.75) is 31.1 Å². The normalized spacial score (nSPS) is 22.3. The number of sulfonamides is 1. The second-order valence-electron chi connectivity index (χ2n) is 5.79. The second kappa shape index (κ2) is 5.35. The maximum atomic E-state index is 12.7. The van der Waals surface area contributed by atoms with E-state index in [0.29, 0.717) is 18.4 Å². The second-order valence-corrected chi connectivity index (χ2v) is 7.65. The summed E-state index contributed by atoms with van der Waals surface area (Å²) in [5, 5.41) is 0. The number of carbonyl (C=O) groups is 2. The third kappa shape index (κ3) is 2.47. The van der Waals surface area contributed by atoms with Crippen LogP contribution in [0.2, 0.25) is 0 Å². The Hall–Kier alpha value is -1.95. The third-order valence-corrected chi connectivity index (χ3v) is 6.02. The van der Waals surface area contributed by atoms with Crippen LogP contribution in [-0.2, 0) is 19.6 Å². The van der Waals surface area contributed by atoms with E-state index < -0.39 is 15.9 Å². The van der Waals surface area contributed by atoms with Crippen LogP contribution in [0.3, 0.4) is 0 Å². The van der Waals surface area contributed by atoms with Crippen molar-refractivity contribution >= 4 is 21.7 Å². The van der Waals surface area contributed by atoms with Crippen LogP contribution in [0.1, 0.15) is 24.8 Å². The zero-order valence-electron chi connectivity index (χ0n) is 12.3. The lowest BCUT2D eigenvalue weighted by atomic mass is 9.82. The van der Waals surface area contributed by atoms with Crippen LogP contribution in [-0.4, -0.2) is 31.0 Å². The molecule has 2 aliphatic rings. The summed E-state index contributed by atoms with van der Waals surface area (Å²) in [6.07, 6.45) is 2.66. The fourth-order valence-corrected chi connectivity index (χ4v) is 4.37. The van der Waals surface area contributed by atoms with Crippen LogP contribution >= 0.6 is 0 Å². The van der Waals surface area contributed by atoms with E-state index in [9.17, 15) is 18.0 Å². The zero-order chi connectivity index (χ0) is 15.9. The van der Waals surface area contributed by atoms with Crippen LogP contribution in [0.5, 0.6) is 0 Å². The summed E-state index contributed by atoms with van der Waals surface area (Å²) in [5.74, 6) is -0.501. The van der Waals surface area contributed by atoms with E-state index in [-0.39, 0.29) is 29.6 Å². The van der Waals surface area contributed by atoms with Crippen LogP contribution in [0.4, 0.5) is 0 Å². The first-order valence-corrected chi connectivity index (χ1v) is 8.69. The number of ketones is 1. The molecule has 0 aromatic heterocycles. The van der Waals surface area contributed by atoms with E-state index in [1.54, 1.807) is 18.2 Å². The number of hydrogen-bond acceptors (Lipinski definition) is 4. The highest BCUT2D eigenvalue weighted by Crippen LogP contribution is 2.33. The minimum Gasteiger partial charge on any atom is -0.299 e. The Labute approximate surface area is 129 Å². The van der Waals surface area contributed by atoms with Crippen molar-refractivity contribution in [3.8, 4) is 0 Å². The Morgan fingerprint density at radius 2 is 1.82 bits per heavy atom. The van der Waals surface area contributed by atoms with Gasteiger partial charge in [0.2, 0.25) is 0 Å². The molecule has 1 fully saturated rings. The highest BCUT2D eigenvalue weighted by Gasteiger charge is 2.40. The molecule has 1 unspecified atom stereocenters. The van der Waals surface area contributed by atoms with Crippen LogP contribution in [0.15, 0.2) is 40.8 Å². The molecule has 1 aliphatic heterocycles. The van der Waals surface area contributed by atoms with Gasteiger partial charge in [-0.15, -0.1) is 0 Å². The van der Waals surface area contributed by atoms with Crippen molar-refractivity contribution < 1.29 is 18.0 Å². The molecule has 1 amide bonds. The molecule has 5 nitrogen and oxygen atoms in total. The van der Waals surface area contributed by atoms with Gasteiger partial charge in [-0.3, -0.25) is 9.59 Å². The Morgan fingerprint density at radius 1 is 1.14 bits per heavy atom. The summed E-state index contributed by atoms with van der Waals surface area (Å²) in [6, 6.07) is 6.46. The fourth-order valence-electron chi connectivity index (χ4n) is 2.96. The van der Waals surface area contributed by atoms with E-state index in [1.165, 1.54) is 12.1 Å². The van der Waals surface area contributed by atoms with Gasteiger partial charge in [0.05, 0.1) is 4.90 Å². The number of aryl methyl sites for hydroxylation is 1. The van der Waals surface area contributed by atoms with Gasteiger partial charge in [0, 0.05) is 25.0 Å². The first-order valence-electron chi connectivity index (χ1n) is 7.25. The first kappa shape index (κ1) is 15.0. The molecule has 0 spiro atoms. The van der Waals surface area contributed by atoms with Crippen LogP contribution < -0.4 is 0 Å². The third-order valence-electron chi connectivity index (χ3n) is 4.23. The Balaban J connectivity index is 1.94. The van der Waals surface area contributed by atoms with Gasteiger partial charge in [-0.1, -0.05) is 23.8 Å². The molecule has 3 rings (SSSR count). The smallest absolute Gasteiger partial charge is 0.266 e. The molecule has 0 saturated carbocycles. The van der Waals surface area contributed by atoms with Gasteiger partial charge in [-0.05, 0) is 31.4 Å². The highest BCUT2D eigenvalue weighted by atomic mass is 32.2. The van der Waals surface area contributed by atoms with Gasteiger partial charge in [0.15, 0.2) is 0 Å². The van der Waals surface area contributed by atoms with E-state index >= 15 is 0 Å². The van der Waals surface area contributed by atoms with Gasteiger partial charge in [-0.25, -0.2) is 12.7 Å². The maximum Gasteiger partial charge on any atom is 0.266 e. The lowest BCUT2D eigenvalue weighted by Crippen LogP contribution is -2.45. The van der Waals surface area contributed by atoms with E-state index in [2.05, 4.69) is 0 Å².